The smallest absolute Gasteiger partial charge is 0.147 e. The van der Waals surface area contributed by atoms with Gasteiger partial charge in [0.2, 0.25) is 0 Å². The van der Waals surface area contributed by atoms with Crippen molar-refractivity contribution in [3.05, 3.63) is 23.3 Å². The van der Waals surface area contributed by atoms with Crippen molar-refractivity contribution in [3.8, 4) is 0 Å². The van der Waals surface area contributed by atoms with Gasteiger partial charge in [0.25, 0.3) is 0 Å². The van der Waals surface area contributed by atoms with Crippen LogP contribution in [0.2, 0.25) is 0 Å². The van der Waals surface area contributed by atoms with Gasteiger partial charge < -0.3 is 4.90 Å². The first-order valence-corrected chi connectivity index (χ1v) is 6.43. The van der Waals surface area contributed by atoms with Crippen LogP contribution in [0.3, 0.4) is 0 Å². The van der Waals surface area contributed by atoms with Gasteiger partial charge in [-0.3, -0.25) is 4.90 Å². The molecule has 0 N–H and O–H groups in total. The van der Waals surface area contributed by atoms with E-state index in [9.17, 15) is 0 Å². The van der Waals surface area contributed by atoms with E-state index >= 15 is 0 Å². The van der Waals surface area contributed by atoms with Crippen LogP contribution in [0.25, 0.3) is 0 Å². The Labute approximate surface area is 108 Å². The van der Waals surface area contributed by atoms with Crippen molar-refractivity contribution < 1.29 is 0 Å². The quantitative estimate of drug-likeness (QED) is 0.748. The van der Waals surface area contributed by atoms with Crippen molar-refractivity contribution in [1.29, 1.82) is 0 Å². The Bertz CT molecular complexity index is 396. The van der Waals surface area contributed by atoms with Crippen LogP contribution >= 0.6 is 11.6 Å². The second kappa shape index (κ2) is 5.29. The van der Waals surface area contributed by atoms with Gasteiger partial charge in [0.15, 0.2) is 0 Å². The Balaban J connectivity index is 2.28. The van der Waals surface area contributed by atoms with Gasteiger partial charge in [0.1, 0.15) is 5.82 Å². The van der Waals surface area contributed by atoms with Crippen molar-refractivity contribution in [3.63, 3.8) is 0 Å². The maximum Gasteiger partial charge on any atom is 0.147 e. The summed E-state index contributed by atoms with van der Waals surface area (Å²) in [7, 11) is 4.27. The molecule has 1 aromatic heterocycles. The molecule has 17 heavy (non-hydrogen) atoms. The van der Waals surface area contributed by atoms with Crippen LogP contribution in [0.15, 0.2) is 6.07 Å². The highest BCUT2D eigenvalue weighted by molar-refractivity contribution is 6.16. The van der Waals surface area contributed by atoms with Gasteiger partial charge in [-0.2, -0.15) is 0 Å². The summed E-state index contributed by atoms with van der Waals surface area (Å²) in [5.74, 6) is 1.34. The van der Waals surface area contributed by atoms with Gasteiger partial charge in [-0.15, -0.1) is 11.6 Å². The molecule has 1 saturated heterocycles. The minimum atomic E-state index is 0.274. The lowest BCUT2D eigenvalue weighted by Gasteiger charge is -2.36. The fourth-order valence-corrected chi connectivity index (χ4v) is 2.30. The normalized spacial score (nSPS) is 22.9. The molecule has 2 rings (SSSR count). The highest BCUT2D eigenvalue weighted by Crippen LogP contribution is 2.21. The van der Waals surface area contributed by atoms with E-state index in [0.717, 1.165) is 36.8 Å². The molecule has 0 saturated carbocycles. The molecule has 0 bridgehead atoms. The standard InChI is InChI=1S/C12H19ClN4/c1-9-6-10(7-13)15-12(14-9)11-8-16(2)4-5-17(11)3/h6,11H,4-5,7-8H2,1-3H3. The number of aromatic nitrogens is 2. The number of nitrogens with zero attached hydrogens (tertiary/aromatic N) is 4. The van der Waals surface area contributed by atoms with E-state index in [4.69, 9.17) is 11.6 Å². The summed E-state index contributed by atoms with van der Waals surface area (Å²) < 4.78 is 0. The maximum atomic E-state index is 5.86. The largest absolute Gasteiger partial charge is 0.303 e. The summed E-state index contributed by atoms with van der Waals surface area (Å²) >= 11 is 5.86. The Kier molecular flexibility index (Phi) is 3.97. The van der Waals surface area contributed by atoms with E-state index < -0.39 is 0 Å². The summed E-state index contributed by atoms with van der Waals surface area (Å²) in [5.41, 5.74) is 1.91. The van der Waals surface area contributed by atoms with Crippen LogP contribution in [-0.4, -0.2) is 53.5 Å². The monoisotopic (exact) mass is 254 g/mol. The van der Waals surface area contributed by atoms with Crippen LogP contribution in [0.1, 0.15) is 23.3 Å². The molecule has 5 heteroatoms. The Morgan fingerprint density at radius 1 is 1.35 bits per heavy atom. The number of hydrogen-bond acceptors (Lipinski definition) is 4. The zero-order valence-corrected chi connectivity index (χ0v) is 11.4. The lowest BCUT2D eigenvalue weighted by molar-refractivity contribution is 0.109. The molecule has 1 fully saturated rings. The van der Waals surface area contributed by atoms with E-state index in [1.54, 1.807) is 0 Å². The van der Waals surface area contributed by atoms with Crippen molar-refractivity contribution in [2.24, 2.45) is 0 Å². The van der Waals surface area contributed by atoms with Crippen molar-refractivity contribution >= 4 is 11.6 Å². The lowest BCUT2D eigenvalue weighted by atomic mass is 10.1. The van der Waals surface area contributed by atoms with Crippen LogP contribution in [0.4, 0.5) is 0 Å². The number of hydrogen-bond donors (Lipinski definition) is 0. The fraction of sp³-hybridized carbons (Fsp3) is 0.667. The molecule has 1 unspecified atom stereocenters. The van der Waals surface area contributed by atoms with E-state index in [-0.39, 0.29) is 6.04 Å². The molecule has 0 spiro atoms. The first-order chi connectivity index (χ1) is 8.10. The third-order valence-electron chi connectivity index (χ3n) is 3.21. The molecule has 1 atom stereocenters. The Morgan fingerprint density at radius 2 is 2.12 bits per heavy atom. The second-order valence-electron chi connectivity index (χ2n) is 4.75. The van der Waals surface area contributed by atoms with Crippen LogP contribution in [0.5, 0.6) is 0 Å². The van der Waals surface area contributed by atoms with E-state index in [0.29, 0.717) is 5.88 Å². The minimum Gasteiger partial charge on any atom is -0.303 e. The molecule has 0 aromatic carbocycles. The average molecular weight is 255 g/mol. The second-order valence-corrected chi connectivity index (χ2v) is 5.02. The van der Waals surface area contributed by atoms with Crippen LogP contribution in [0, 0.1) is 6.92 Å². The third-order valence-corrected chi connectivity index (χ3v) is 3.48. The molecule has 94 valence electrons. The highest BCUT2D eigenvalue weighted by Gasteiger charge is 2.26. The van der Waals surface area contributed by atoms with Gasteiger partial charge in [0.05, 0.1) is 17.6 Å². The summed E-state index contributed by atoms with van der Waals surface area (Å²) in [4.78, 5) is 13.7. The van der Waals surface area contributed by atoms with Crippen molar-refractivity contribution in [2.75, 3.05) is 33.7 Å². The average Bonchev–Trinajstić information content (AvgIpc) is 2.31. The number of likely N-dealkylation sites (N-methyl/N-ethyl adjacent to an activating group) is 2. The SMILES string of the molecule is Cc1cc(CCl)nc(C2CN(C)CCN2C)n1. The zero-order chi connectivity index (χ0) is 12.4. The lowest BCUT2D eigenvalue weighted by Crippen LogP contribution is -2.45. The molecule has 0 radical (unpaired) electrons. The molecule has 1 aliphatic heterocycles. The molecular weight excluding hydrogens is 236 g/mol. The molecule has 1 aromatic rings. The van der Waals surface area contributed by atoms with Crippen LogP contribution in [-0.2, 0) is 5.88 Å². The van der Waals surface area contributed by atoms with Crippen molar-refractivity contribution in [1.82, 2.24) is 19.8 Å². The predicted octanol–water partition coefficient (Wildman–Crippen LogP) is 1.44. The number of aryl methyl sites for hydroxylation is 1. The fourth-order valence-electron chi connectivity index (χ4n) is 2.16. The van der Waals surface area contributed by atoms with Gasteiger partial charge in [-0.05, 0) is 27.1 Å². The Morgan fingerprint density at radius 3 is 2.82 bits per heavy atom. The van der Waals surface area contributed by atoms with Gasteiger partial charge in [0, 0.05) is 25.3 Å². The topological polar surface area (TPSA) is 32.3 Å². The molecule has 0 aliphatic carbocycles. The molecular formula is C12H19ClN4. The van der Waals surface area contributed by atoms with E-state index in [1.807, 2.05) is 13.0 Å². The summed E-state index contributed by atoms with van der Waals surface area (Å²) in [6.07, 6.45) is 0. The zero-order valence-electron chi connectivity index (χ0n) is 10.6. The molecule has 2 heterocycles. The minimum absolute atomic E-state index is 0.274. The van der Waals surface area contributed by atoms with Gasteiger partial charge in [-0.1, -0.05) is 0 Å². The molecule has 1 aliphatic rings. The van der Waals surface area contributed by atoms with Crippen molar-refractivity contribution in [2.45, 2.75) is 18.8 Å². The molecule has 4 nitrogen and oxygen atoms in total. The summed E-state index contributed by atoms with van der Waals surface area (Å²) in [6, 6.07) is 2.22. The third kappa shape index (κ3) is 2.94. The molecule has 0 amide bonds. The predicted molar refractivity (Wildman–Crippen MR) is 69.2 cm³/mol. The number of rotatable bonds is 2. The first kappa shape index (κ1) is 12.7. The van der Waals surface area contributed by atoms with E-state index in [2.05, 4.69) is 33.9 Å². The Hall–Kier alpha value is -0.710. The first-order valence-electron chi connectivity index (χ1n) is 5.89. The van der Waals surface area contributed by atoms with Crippen LogP contribution < -0.4 is 0 Å². The number of piperazine rings is 1. The highest BCUT2D eigenvalue weighted by atomic mass is 35.5. The summed E-state index contributed by atoms with van der Waals surface area (Å²) in [5, 5.41) is 0. The number of alkyl halides is 1. The van der Waals surface area contributed by atoms with Gasteiger partial charge in [-0.25, -0.2) is 9.97 Å². The summed E-state index contributed by atoms with van der Waals surface area (Å²) in [6.45, 7) is 5.12. The maximum absolute atomic E-state index is 5.86. The number of halogens is 1. The van der Waals surface area contributed by atoms with E-state index in [1.165, 1.54) is 0 Å². The van der Waals surface area contributed by atoms with Gasteiger partial charge >= 0.3 is 0 Å².